The molecule has 2 N–H and O–H groups in total. The van der Waals surface area contributed by atoms with Crippen molar-refractivity contribution < 1.29 is 8.42 Å². The summed E-state index contributed by atoms with van der Waals surface area (Å²) in [6, 6.07) is 0.581. The molecule has 0 aromatic heterocycles. The first-order valence-electron chi connectivity index (χ1n) is 7.53. The van der Waals surface area contributed by atoms with Crippen molar-refractivity contribution in [3.8, 4) is 0 Å². The normalized spacial score (nSPS) is 23.1. The van der Waals surface area contributed by atoms with Crippen molar-refractivity contribution in [1.29, 1.82) is 0 Å². The van der Waals surface area contributed by atoms with Crippen molar-refractivity contribution in [2.45, 2.75) is 63.7 Å². The molecule has 1 heterocycles. The molecule has 0 bridgehead atoms. The number of nitrogens with one attached hydrogen (secondary N) is 2. The summed E-state index contributed by atoms with van der Waals surface area (Å²) in [5.74, 6) is 0.378. The van der Waals surface area contributed by atoms with Gasteiger partial charge in [0.25, 0.3) is 0 Å². The monoisotopic (exact) mass is 302 g/mol. The molecule has 0 radical (unpaired) electrons. The van der Waals surface area contributed by atoms with E-state index < -0.39 is 15.3 Å². The van der Waals surface area contributed by atoms with Crippen molar-refractivity contribution in [1.82, 2.24) is 14.9 Å². The van der Waals surface area contributed by atoms with Gasteiger partial charge in [-0.2, -0.15) is 0 Å². The number of sulfonamides is 1. The third-order valence-corrected chi connectivity index (χ3v) is 5.78. The molecular formula is C13H26N4O2S. The SMILES string of the molecule is CC(C)S(=O)(=O)NC1=NCN(C2CCCCCC2)CN1. The minimum Gasteiger partial charge on any atom is -0.343 e. The Balaban J connectivity index is 1.89. The smallest absolute Gasteiger partial charge is 0.237 e. The maximum absolute atomic E-state index is 11.8. The van der Waals surface area contributed by atoms with Crippen molar-refractivity contribution >= 4 is 16.0 Å². The topological polar surface area (TPSA) is 73.8 Å². The van der Waals surface area contributed by atoms with E-state index in [4.69, 9.17) is 0 Å². The molecule has 2 rings (SSSR count). The molecule has 116 valence electrons. The van der Waals surface area contributed by atoms with Gasteiger partial charge in [0.05, 0.1) is 18.6 Å². The Morgan fingerprint density at radius 2 is 1.90 bits per heavy atom. The van der Waals surface area contributed by atoms with Crippen molar-refractivity contribution in [3.63, 3.8) is 0 Å². The lowest BCUT2D eigenvalue weighted by Crippen LogP contribution is -2.53. The third-order valence-electron chi connectivity index (χ3n) is 4.06. The molecule has 2 aliphatic rings. The highest BCUT2D eigenvalue weighted by atomic mass is 32.2. The quantitative estimate of drug-likeness (QED) is 0.769. The fourth-order valence-corrected chi connectivity index (χ4v) is 3.27. The Kier molecular flexibility index (Phi) is 5.26. The average Bonchev–Trinajstić information content (AvgIpc) is 2.68. The fourth-order valence-electron chi connectivity index (χ4n) is 2.63. The van der Waals surface area contributed by atoms with Gasteiger partial charge in [0, 0.05) is 6.04 Å². The first kappa shape index (κ1) is 15.6. The van der Waals surface area contributed by atoms with Crippen molar-refractivity contribution in [3.05, 3.63) is 0 Å². The Hall–Kier alpha value is -0.820. The van der Waals surface area contributed by atoms with Gasteiger partial charge in [-0.05, 0) is 26.7 Å². The van der Waals surface area contributed by atoms with Gasteiger partial charge in [-0.25, -0.2) is 13.4 Å². The first-order valence-corrected chi connectivity index (χ1v) is 9.07. The average molecular weight is 302 g/mol. The van der Waals surface area contributed by atoms with Crippen LogP contribution in [0.4, 0.5) is 0 Å². The highest BCUT2D eigenvalue weighted by Crippen LogP contribution is 2.22. The summed E-state index contributed by atoms with van der Waals surface area (Å²) in [5, 5.41) is 2.63. The van der Waals surface area contributed by atoms with Gasteiger partial charge in [-0.1, -0.05) is 25.7 Å². The Bertz CT molecular complexity index is 439. The van der Waals surface area contributed by atoms with Crippen LogP contribution in [0.5, 0.6) is 0 Å². The van der Waals surface area contributed by atoms with Gasteiger partial charge in [0.15, 0.2) is 0 Å². The Labute approximate surface area is 122 Å². The molecule has 0 spiro atoms. The van der Waals surface area contributed by atoms with E-state index in [-0.39, 0.29) is 0 Å². The van der Waals surface area contributed by atoms with E-state index in [1.54, 1.807) is 13.8 Å². The molecule has 0 unspecified atom stereocenters. The largest absolute Gasteiger partial charge is 0.343 e. The van der Waals surface area contributed by atoms with E-state index in [2.05, 4.69) is 19.9 Å². The zero-order chi connectivity index (χ0) is 14.6. The summed E-state index contributed by atoms with van der Waals surface area (Å²) in [5.41, 5.74) is 0. The minimum atomic E-state index is -3.31. The molecule has 1 aliphatic heterocycles. The molecule has 7 heteroatoms. The fraction of sp³-hybridized carbons (Fsp3) is 0.923. The summed E-state index contributed by atoms with van der Waals surface area (Å²) < 4.78 is 26.1. The summed E-state index contributed by atoms with van der Waals surface area (Å²) in [4.78, 5) is 6.63. The number of hydrogen-bond donors (Lipinski definition) is 2. The predicted octanol–water partition coefficient (Wildman–Crippen LogP) is 1.21. The summed E-state index contributed by atoms with van der Waals surface area (Å²) in [7, 11) is -3.31. The van der Waals surface area contributed by atoms with Gasteiger partial charge >= 0.3 is 0 Å². The van der Waals surface area contributed by atoms with E-state index in [1.165, 1.54) is 38.5 Å². The molecule has 0 aromatic rings. The standard InChI is InChI=1S/C13H26N4O2S/c1-11(2)20(18,19)16-13-14-9-17(10-15-13)12-7-5-3-4-6-8-12/h11-12H,3-10H2,1-2H3,(H2,14,15,16). The van der Waals surface area contributed by atoms with E-state index in [0.29, 0.717) is 25.3 Å². The molecule has 0 atom stereocenters. The Morgan fingerprint density at radius 1 is 1.25 bits per heavy atom. The van der Waals surface area contributed by atoms with Crippen LogP contribution >= 0.6 is 0 Å². The number of nitrogens with zero attached hydrogens (tertiary/aromatic N) is 2. The second-order valence-electron chi connectivity index (χ2n) is 5.91. The molecule has 1 saturated carbocycles. The zero-order valence-corrected chi connectivity index (χ0v) is 13.2. The zero-order valence-electron chi connectivity index (χ0n) is 12.4. The van der Waals surface area contributed by atoms with Gasteiger partial charge in [-0.15, -0.1) is 0 Å². The molecule has 0 amide bonds. The van der Waals surface area contributed by atoms with Crippen LogP contribution in [0.1, 0.15) is 52.4 Å². The van der Waals surface area contributed by atoms with Crippen molar-refractivity contribution in [2.24, 2.45) is 4.99 Å². The molecule has 1 fully saturated rings. The van der Waals surface area contributed by atoms with Gasteiger partial charge < -0.3 is 5.32 Å². The number of guanidine groups is 1. The van der Waals surface area contributed by atoms with E-state index in [1.807, 2.05) is 0 Å². The number of hydrogen-bond acceptors (Lipinski definition) is 5. The third kappa shape index (κ3) is 4.09. The maximum Gasteiger partial charge on any atom is 0.237 e. The van der Waals surface area contributed by atoms with Crippen LogP contribution in [-0.4, -0.2) is 43.9 Å². The second-order valence-corrected chi connectivity index (χ2v) is 8.15. The molecule has 20 heavy (non-hydrogen) atoms. The van der Waals surface area contributed by atoms with Crippen LogP contribution in [0.15, 0.2) is 4.99 Å². The van der Waals surface area contributed by atoms with Crippen LogP contribution in [0.3, 0.4) is 0 Å². The lowest BCUT2D eigenvalue weighted by atomic mass is 10.1. The molecule has 1 aliphatic carbocycles. The summed E-state index contributed by atoms with van der Waals surface area (Å²) in [6.45, 7) is 4.56. The van der Waals surface area contributed by atoms with E-state index in [9.17, 15) is 8.42 Å². The Morgan fingerprint density at radius 3 is 2.40 bits per heavy atom. The van der Waals surface area contributed by atoms with Gasteiger partial charge in [0.2, 0.25) is 16.0 Å². The van der Waals surface area contributed by atoms with E-state index >= 15 is 0 Å². The van der Waals surface area contributed by atoms with Crippen molar-refractivity contribution in [2.75, 3.05) is 13.3 Å². The number of aliphatic imine (C=N–C) groups is 1. The second kappa shape index (κ2) is 6.76. The van der Waals surface area contributed by atoms with Crippen LogP contribution in [0.25, 0.3) is 0 Å². The predicted molar refractivity (Wildman–Crippen MR) is 80.8 cm³/mol. The molecule has 0 aromatic carbocycles. The van der Waals surface area contributed by atoms with Crippen LogP contribution in [0.2, 0.25) is 0 Å². The lowest BCUT2D eigenvalue weighted by molar-refractivity contribution is 0.171. The molecule has 0 saturated heterocycles. The van der Waals surface area contributed by atoms with Gasteiger partial charge in [-0.3, -0.25) is 9.62 Å². The van der Waals surface area contributed by atoms with E-state index in [0.717, 1.165) is 0 Å². The van der Waals surface area contributed by atoms with Crippen LogP contribution in [0, 0.1) is 0 Å². The van der Waals surface area contributed by atoms with Crippen LogP contribution in [-0.2, 0) is 10.0 Å². The highest BCUT2D eigenvalue weighted by molar-refractivity contribution is 7.90. The first-order chi connectivity index (χ1) is 9.49. The summed E-state index contributed by atoms with van der Waals surface area (Å²) >= 11 is 0. The maximum atomic E-state index is 11.8. The number of rotatable bonds is 3. The lowest BCUT2D eigenvalue weighted by Gasteiger charge is -2.33. The molecular weight excluding hydrogens is 276 g/mol. The molecule has 6 nitrogen and oxygen atoms in total. The minimum absolute atomic E-state index is 0.378. The highest BCUT2D eigenvalue weighted by Gasteiger charge is 2.24. The summed E-state index contributed by atoms with van der Waals surface area (Å²) in [6.07, 6.45) is 7.70. The van der Waals surface area contributed by atoms with Gasteiger partial charge in [0.1, 0.15) is 0 Å². The van der Waals surface area contributed by atoms with Crippen LogP contribution < -0.4 is 10.0 Å².